The van der Waals surface area contributed by atoms with Crippen molar-refractivity contribution in [3.05, 3.63) is 94.0 Å². The van der Waals surface area contributed by atoms with Crippen molar-refractivity contribution in [2.75, 3.05) is 4.90 Å². The molecular weight excluding hydrogens is 400 g/mol. The number of thiazole rings is 1. The Morgan fingerprint density at radius 3 is 2.48 bits per heavy atom. The van der Waals surface area contributed by atoms with Crippen LogP contribution in [-0.2, 0) is 19.4 Å². The van der Waals surface area contributed by atoms with Crippen LogP contribution in [0.15, 0.2) is 60.7 Å². The molecule has 31 heavy (non-hydrogen) atoms. The predicted octanol–water partition coefficient (Wildman–Crippen LogP) is 6.64. The van der Waals surface area contributed by atoms with Gasteiger partial charge < -0.3 is 0 Å². The minimum absolute atomic E-state index is 0.0183. The number of hydrogen-bond donors (Lipinski definition) is 0. The van der Waals surface area contributed by atoms with Crippen molar-refractivity contribution in [2.45, 2.75) is 46.1 Å². The molecule has 0 unspecified atom stereocenters. The van der Waals surface area contributed by atoms with Crippen molar-refractivity contribution in [3.8, 4) is 0 Å². The minimum Gasteiger partial charge on any atom is -0.279 e. The Morgan fingerprint density at radius 2 is 1.68 bits per heavy atom. The van der Waals surface area contributed by atoms with Gasteiger partial charge in [0.05, 0.1) is 16.8 Å². The minimum atomic E-state index is 0.0183. The van der Waals surface area contributed by atoms with Crippen LogP contribution in [0.3, 0.4) is 0 Å². The van der Waals surface area contributed by atoms with Crippen LogP contribution in [0.2, 0.25) is 0 Å². The van der Waals surface area contributed by atoms with Gasteiger partial charge in [-0.3, -0.25) is 9.69 Å². The van der Waals surface area contributed by atoms with Crippen molar-refractivity contribution in [3.63, 3.8) is 0 Å². The first-order valence-corrected chi connectivity index (χ1v) is 11.8. The van der Waals surface area contributed by atoms with Gasteiger partial charge in [-0.1, -0.05) is 47.7 Å². The maximum absolute atomic E-state index is 13.7. The largest absolute Gasteiger partial charge is 0.279 e. The Morgan fingerprint density at radius 1 is 0.935 bits per heavy atom. The fourth-order valence-electron chi connectivity index (χ4n) is 4.30. The number of fused-ring (bicyclic) bond motifs is 2. The second-order valence-corrected chi connectivity index (χ2v) is 9.48. The average molecular weight is 427 g/mol. The van der Waals surface area contributed by atoms with Crippen molar-refractivity contribution in [1.82, 2.24) is 4.98 Å². The van der Waals surface area contributed by atoms with Crippen LogP contribution in [0.25, 0.3) is 10.2 Å². The summed E-state index contributed by atoms with van der Waals surface area (Å²) in [6, 6.07) is 20.7. The topological polar surface area (TPSA) is 33.2 Å². The number of rotatable bonds is 4. The number of anilines is 1. The van der Waals surface area contributed by atoms with E-state index in [9.17, 15) is 4.79 Å². The molecule has 0 saturated heterocycles. The van der Waals surface area contributed by atoms with Gasteiger partial charge in [-0.05, 0) is 91.6 Å². The fraction of sp³-hybridized carbons (Fsp3) is 0.259. The molecule has 0 radical (unpaired) electrons. The van der Waals surface area contributed by atoms with E-state index in [1.54, 1.807) is 11.3 Å². The van der Waals surface area contributed by atoms with Crippen molar-refractivity contribution in [1.29, 1.82) is 0 Å². The lowest BCUT2D eigenvalue weighted by molar-refractivity contribution is 0.0985. The Balaban J connectivity index is 1.56. The van der Waals surface area contributed by atoms with Gasteiger partial charge in [0.2, 0.25) is 0 Å². The zero-order chi connectivity index (χ0) is 21.4. The molecule has 0 spiro atoms. The molecule has 1 aromatic heterocycles. The molecule has 5 rings (SSSR count). The van der Waals surface area contributed by atoms with Gasteiger partial charge in [-0.2, -0.15) is 0 Å². The van der Waals surface area contributed by atoms with E-state index in [1.165, 1.54) is 35.1 Å². The maximum atomic E-state index is 13.7. The molecule has 1 aliphatic rings. The Kier molecular flexibility index (Phi) is 5.33. The number of nitrogens with zero attached hydrogens (tertiary/aromatic N) is 2. The van der Waals surface area contributed by atoms with E-state index in [0.717, 1.165) is 39.3 Å². The maximum Gasteiger partial charge on any atom is 0.260 e. The zero-order valence-electron chi connectivity index (χ0n) is 18.0. The van der Waals surface area contributed by atoms with Gasteiger partial charge in [-0.15, -0.1) is 0 Å². The summed E-state index contributed by atoms with van der Waals surface area (Å²) >= 11 is 1.59. The van der Waals surface area contributed by atoms with Crippen LogP contribution in [-0.4, -0.2) is 10.9 Å². The van der Waals surface area contributed by atoms with Gasteiger partial charge in [0.15, 0.2) is 5.13 Å². The highest BCUT2D eigenvalue weighted by Gasteiger charge is 2.23. The molecule has 0 saturated carbocycles. The van der Waals surface area contributed by atoms with Crippen LogP contribution in [0.4, 0.5) is 5.13 Å². The first kappa shape index (κ1) is 20.0. The molecule has 1 heterocycles. The molecule has 4 aromatic rings. The van der Waals surface area contributed by atoms with E-state index in [2.05, 4.69) is 50.2 Å². The smallest absolute Gasteiger partial charge is 0.260 e. The van der Waals surface area contributed by atoms with Crippen LogP contribution in [0, 0.1) is 13.8 Å². The lowest BCUT2D eigenvalue weighted by atomic mass is 9.90. The Labute approximate surface area is 187 Å². The summed E-state index contributed by atoms with van der Waals surface area (Å²) in [5.41, 5.74) is 8.00. The molecule has 3 nitrogen and oxygen atoms in total. The van der Waals surface area contributed by atoms with E-state index < -0.39 is 0 Å². The van der Waals surface area contributed by atoms with Gasteiger partial charge >= 0.3 is 0 Å². The summed E-state index contributed by atoms with van der Waals surface area (Å²) in [6.45, 7) is 4.73. The van der Waals surface area contributed by atoms with Crippen LogP contribution >= 0.6 is 11.3 Å². The summed E-state index contributed by atoms with van der Waals surface area (Å²) in [4.78, 5) is 20.5. The zero-order valence-corrected chi connectivity index (χ0v) is 18.8. The number of aromatic nitrogens is 1. The average Bonchev–Trinajstić information content (AvgIpc) is 3.20. The van der Waals surface area contributed by atoms with E-state index in [1.807, 2.05) is 29.2 Å². The monoisotopic (exact) mass is 426 g/mol. The molecule has 0 atom stereocenters. The third kappa shape index (κ3) is 4.00. The molecule has 0 aliphatic heterocycles. The van der Waals surface area contributed by atoms with Crippen molar-refractivity contribution in [2.24, 2.45) is 0 Å². The SMILES string of the molecule is Cc1cc2nc(N(Cc3ccccc3)C(=O)c3ccc4c(c3)CCCC4)sc2cc1C. The quantitative estimate of drug-likeness (QED) is 0.366. The highest BCUT2D eigenvalue weighted by atomic mass is 32.1. The highest BCUT2D eigenvalue weighted by molar-refractivity contribution is 7.22. The summed E-state index contributed by atoms with van der Waals surface area (Å²) < 4.78 is 1.12. The predicted molar refractivity (Wildman–Crippen MR) is 129 cm³/mol. The third-order valence-electron chi connectivity index (χ3n) is 6.25. The Hall–Kier alpha value is -2.98. The number of hydrogen-bond acceptors (Lipinski definition) is 3. The molecule has 0 bridgehead atoms. The van der Waals surface area contributed by atoms with Gasteiger partial charge in [-0.25, -0.2) is 4.98 Å². The summed E-state index contributed by atoms with van der Waals surface area (Å²) in [6.07, 6.45) is 4.63. The number of carbonyl (C=O) groups excluding carboxylic acids is 1. The number of carbonyl (C=O) groups is 1. The second kappa shape index (κ2) is 8.27. The summed E-state index contributed by atoms with van der Waals surface area (Å²) in [5.74, 6) is 0.0183. The standard InChI is InChI=1S/C27H26N2OS/c1-18-14-24-25(15-19(18)2)31-27(28-24)29(17-20-8-4-3-5-9-20)26(30)23-13-12-21-10-6-7-11-22(21)16-23/h3-5,8-9,12-16H,6-7,10-11,17H2,1-2H3. The normalized spacial score (nSPS) is 13.2. The number of benzene rings is 3. The number of aryl methyl sites for hydroxylation is 4. The Bertz CT molecular complexity index is 1220. The van der Waals surface area contributed by atoms with E-state index in [-0.39, 0.29) is 5.91 Å². The van der Waals surface area contributed by atoms with Crippen molar-refractivity contribution < 1.29 is 4.79 Å². The first-order valence-electron chi connectivity index (χ1n) is 10.9. The molecule has 0 fully saturated rings. The lowest BCUT2D eigenvalue weighted by Gasteiger charge is -2.22. The molecule has 4 heteroatoms. The van der Waals surface area contributed by atoms with Gasteiger partial charge in [0.1, 0.15) is 0 Å². The van der Waals surface area contributed by atoms with Crippen LogP contribution < -0.4 is 4.90 Å². The van der Waals surface area contributed by atoms with Gasteiger partial charge in [0.25, 0.3) is 5.91 Å². The van der Waals surface area contributed by atoms with Crippen LogP contribution in [0.1, 0.15) is 51.0 Å². The molecule has 3 aromatic carbocycles. The van der Waals surface area contributed by atoms with Gasteiger partial charge in [0, 0.05) is 5.56 Å². The molecule has 1 aliphatic carbocycles. The molecular formula is C27H26N2OS. The number of amides is 1. The van der Waals surface area contributed by atoms with E-state index in [0.29, 0.717) is 6.54 Å². The second-order valence-electron chi connectivity index (χ2n) is 8.47. The first-order chi connectivity index (χ1) is 15.1. The summed E-state index contributed by atoms with van der Waals surface area (Å²) in [5, 5.41) is 0.756. The lowest BCUT2D eigenvalue weighted by Crippen LogP contribution is -2.30. The molecule has 1 amide bonds. The fourth-order valence-corrected chi connectivity index (χ4v) is 5.34. The van der Waals surface area contributed by atoms with Crippen molar-refractivity contribution >= 4 is 32.6 Å². The molecule has 0 N–H and O–H groups in total. The van der Waals surface area contributed by atoms with E-state index in [4.69, 9.17) is 4.98 Å². The highest BCUT2D eigenvalue weighted by Crippen LogP contribution is 2.33. The van der Waals surface area contributed by atoms with Crippen LogP contribution in [0.5, 0.6) is 0 Å². The third-order valence-corrected chi connectivity index (χ3v) is 7.29. The van der Waals surface area contributed by atoms with E-state index >= 15 is 0 Å². The summed E-state index contributed by atoms with van der Waals surface area (Å²) in [7, 11) is 0. The molecule has 156 valence electrons.